The summed E-state index contributed by atoms with van der Waals surface area (Å²) in [6.45, 7) is 2.25. The number of aromatic nitrogens is 1. The highest BCUT2D eigenvalue weighted by Crippen LogP contribution is 2.27. The van der Waals surface area contributed by atoms with Gasteiger partial charge in [-0.3, -0.25) is 4.79 Å². The summed E-state index contributed by atoms with van der Waals surface area (Å²) < 4.78 is 15.7. The Kier molecular flexibility index (Phi) is 5.46. The van der Waals surface area contributed by atoms with E-state index in [4.69, 9.17) is 25.6 Å². The van der Waals surface area contributed by atoms with E-state index in [1.165, 1.54) is 12.0 Å². The predicted molar refractivity (Wildman–Crippen MR) is 93.1 cm³/mol. The van der Waals surface area contributed by atoms with E-state index < -0.39 is 12.0 Å². The summed E-state index contributed by atoms with van der Waals surface area (Å²) in [5.41, 5.74) is 0.677. The molecule has 8 heteroatoms. The summed E-state index contributed by atoms with van der Waals surface area (Å²) in [7, 11) is 1.31. The number of esters is 1. The molecule has 0 aliphatic carbocycles. The van der Waals surface area contributed by atoms with E-state index >= 15 is 0 Å². The van der Waals surface area contributed by atoms with Crippen molar-refractivity contribution in [1.29, 1.82) is 0 Å². The van der Waals surface area contributed by atoms with Gasteiger partial charge in [0.05, 0.1) is 17.7 Å². The first-order chi connectivity index (χ1) is 12.5. The highest BCUT2D eigenvalue weighted by molar-refractivity contribution is 6.32. The maximum absolute atomic E-state index is 12.9. The molecule has 1 aromatic carbocycles. The summed E-state index contributed by atoms with van der Waals surface area (Å²) in [4.78, 5) is 26.3. The molecular weight excluding hydrogens is 360 g/mol. The fourth-order valence-electron chi connectivity index (χ4n) is 2.97. The molecule has 1 aromatic heterocycles. The molecule has 0 bridgehead atoms. The zero-order valence-electron chi connectivity index (χ0n) is 14.5. The molecule has 1 fully saturated rings. The van der Waals surface area contributed by atoms with E-state index in [2.05, 4.69) is 5.16 Å². The van der Waals surface area contributed by atoms with Gasteiger partial charge in [0.1, 0.15) is 24.2 Å². The lowest BCUT2D eigenvalue weighted by Gasteiger charge is -2.22. The minimum absolute atomic E-state index is 0.0802. The molecular formula is C18H19ClN2O5. The maximum Gasteiger partial charge on any atom is 0.328 e. The molecule has 1 aliphatic heterocycles. The molecule has 1 amide bonds. The van der Waals surface area contributed by atoms with Crippen LogP contribution in [0.2, 0.25) is 5.02 Å². The average Bonchev–Trinajstić information content (AvgIpc) is 3.27. The van der Waals surface area contributed by atoms with Crippen LogP contribution in [0.3, 0.4) is 0 Å². The van der Waals surface area contributed by atoms with E-state index in [0.29, 0.717) is 35.1 Å². The van der Waals surface area contributed by atoms with Crippen LogP contribution in [0, 0.1) is 6.92 Å². The van der Waals surface area contributed by atoms with Crippen molar-refractivity contribution in [1.82, 2.24) is 10.1 Å². The number of amides is 1. The van der Waals surface area contributed by atoms with Crippen LogP contribution in [0.4, 0.5) is 0 Å². The first kappa shape index (κ1) is 18.3. The summed E-state index contributed by atoms with van der Waals surface area (Å²) in [5.74, 6) is 0.188. The standard InChI is InChI=1S/C18H19ClN2O5/c1-11-12(10-25-15-8-4-3-6-13(15)19)16(20-26-11)17(22)21-9-5-7-14(21)18(23)24-2/h3-4,6,8,14H,5,7,9-10H2,1-2H3. The van der Waals surface area contributed by atoms with E-state index in [1.807, 2.05) is 0 Å². The Morgan fingerprint density at radius 1 is 1.38 bits per heavy atom. The van der Waals surface area contributed by atoms with Crippen molar-refractivity contribution in [2.75, 3.05) is 13.7 Å². The lowest BCUT2D eigenvalue weighted by atomic mass is 10.1. The first-order valence-electron chi connectivity index (χ1n) is 8.24. The SMILES string of the molecule is COC(=O)C1CCCN1C(=O)c1noc(C)c1COc1ccccc1Cl. The van der Waals surface area contributed by atoms with Gasteiger partial charge in [0, 0.05) is 6.54 Å². The molecule has 1 aliphatic rings. The number of ether oxygens (including phenoxy) is 2. The Morgan fingerprint density at radius 2 is 2.15 bits per heavy atom. The summed E-state index contributed by atoms with van der Waals surface area (Å²) in [6, 6.07) is 6.46. The number of aryl methyl sites for hydroxylation is 1. The molecule has 7 nitrogen and oxygen atoms in total. The number of benzene rings is 1. The number of methoxy groups -OCH3 is 1. The van der Waals surface area contributed by atoms with Crippen LogP contribution in [0.5, 0.6) is 5.75 Å². The van der Waals surface area contributed by atoms with E-state index in [9.17, 15) is 9.59 Å². The fraction of sp³-hybridized carbons (Fsp3) is 0.389. The smallest absolute Gasteiger partial charge is 0.328 e. The molecule has 1 unspecified atom stereocenters. The summed E-state index contributed by atoms with van der Waals surface area (Å²) in [6.07, 6.45) is 1.30. The summed E-state index contributed by atoms with van der Waals surface area (Å²) >= 11 is 6.09. The van der Waals surface area contributed by atoms with Gasteiger partial charge < -0.3 is 18.9 Å². The number of nitrogens with zero attached hydrogens (tertiary/aromatic N) is 2. The van der Waals surface area contributed by atoms with Gasteiger partial charge in [0.2, 0.25) is 0 Å². The van der Waals surface area contributed by atoms with Crippen molar-refractivity contribution in [2.45, 2.75) is 32.4 Å². The van der Waals surface area contributed by atoms with Gasteiger partial charge in [-0.2, -0.15) is 0 Å². The Labute approximate surface area is 155 Å². The van der Waals surface area contributed by atoms with E-state index in [0.717, 1.165) is 6.42 Å². The van der Waals surface area contributed by atoms with Crippen LogP contribution in [0.1, 0.15) is 34.7 Å². The number of rotatable bonds is 5. The zero-order chi connectivity index (χ0) is 18.7. The molecule has 2 heterocycles. The molecule has 0 saturated carbocycles. The molecule has 3 rings (SSSR count). The number of carbonyl (C=O) groups is 2. The molecule has 0 radical (unpaired) electrons. The maximum atomic E-state index is 12.9. The van der Waals surface area contributed by atoms with Gasteiger partial charge in [-0.1, -0.05) is 28.9 Å². The molecule has 1 atom stereocenters. The quantitative estimate of drug-likeness (QED) is 0.744. The fourth-order valence-corrected chi connectivity index (χ4v) is 3.16. The van der Waals surface area contributed by atoms with Gasteiger partial charge in [0.15, 0.2) is 5.69 Å². The number of likely N-dealkylation sites (tertiary alicyclic amines) is 1. The second kappa shape index (κ2) is 7.78. The van der Waals surface area contributed by atoms with Crippen LogP contribution in [-0.4, -0.2) is 41.6 Å². The lowest BCUT2D eigenvalue weighted by molar-refractivity contribution is -0.145. The molecule has 0 N–H and O–H groups in total. The third-order valence-electron chi connectivity index (χ3n) is 4.38. The van der Waals surface area contributed by atoms with Crippen LogP contribution < -0.4 is 4.74 Å². The molecule has 138 valence electrons. The molecule has 2 aromatic rings. The highest BCUT2D eigenvalue weighted by atomic mass is 35.5. The third-order valence-corrected chi connectivity index (χ3v) is 4.70. The molecule has 26 heavy (non-hydrogen) atoms. The number of halogens is 1. The molecule has 1 saturated heterocycles. The lowest BCUT2D eigenvalue weighted by Crippen LogP contribution is -2.41. The van der Waals surface area contributed by atoms with E-state index in [-0.39, 0.29) is 18.2 Å². The average molecular weight is 379 g/mol. The van der Waals surface area contributed by atoms with Crippen LogP contribution in [0.25, 0.3) is 0 Å². The van der Waals surface area contributed by atoms with Crippen LogP contribution in [-0.2, 0) is 16.1 Å². The monoisotopic (exact) mass is 378 g/mol. The Morgan fingerprint density at radius 3 is 2.88 bits per heavy atom. The second-order valence-corrected chi connectivity index (χ2v) is 6.37. The largest absolute Gasteiger partial charge is 0.487 e. The normalized spacial score (nSPS) is 16.6. The van der Waals surface area contributed by atoms with Gasteiger partial charge in [-0.15, -0.1) is 0 Å². The van der Waals surface area contributed by atoms with Gasteiger partial charge in [0.25, 0.3) is 5.91 Å². The van der Waals surface area contributed by atoms with Crippen molar-refractivity contribution >= 4 is 23.5 Å². The Hall–Kier alpha value is -2.54. The highest BCUT2D eigenvalue weighted by Gasteiger charge is 2.37. The Bertz CT molecular complexity index is 820. The molecule has 0 spiro atoms. The number of hydrogen-bond acceptors (Lipinski definition) is 6. The predicted octanol–water partition coefficient (Wildman–Crippen LogP) is 2.99. The van der Waals surface area contributed by atoms with E-state index in [1.54, 1.807) is 31.2 Å². The van der Waals surface area contributed by atoms with Crippen LogP contribution in [0.15, 0.2) is 28.8 Å². The van der Waals surface area contributed by atoms with Crippen molar-refractivity contribution in [3.05, 3.63) is 46.3 Å². The van der Waals surface area contributed by atoms with Gasteiger partial charge in [-0.25, -0.2) is 4.79 Å². The van der Waals surface area contributed by atoms with Crippen LogP contribution >= 0.6 is 11.6 Å². The van der Waals surface area contributed by atoms with Crippen molar-refractivity contribution in [3.63, 3.8) is 0 Å². The topological polar surface area (TPSA) is 81.9 Å². The number of para-hydroxylation sites is 1. The van der Waals surface area contributed by atoms with Crippen molar-refractivity contribution in [3.8, 4) is 5.75 Å². The summed E-state index contributed by atoms with van der Waals surface area (Å²) in [5, 5.41) is 4.36. The second-order valence-electron chi connectivity index (χ2n) is 5.96. The number of carbonyl (C=O) groups excluding carboxylic acids is 2. The first-order valence-corrected chi connectivity index (χ1v) is 8.62. The minimum Gasteiger partial charge on any atom is -0.487 e. The van der Waals surface area contributed by atoms with Crippen molar-refractivity contribution in [2.24, 2.45) is 0 Å². The number of hydrogen-bond donors (Lipinski definition) is 0. The Balaban J connectivity index is 1.80. The minimum atomic E-state index is -0.596. The van der Waals surface area contributed by atoms with Gasteiger partial charge >= 0.3 is 5.97 Å². The van der Waals surface area contributed by atoms with Crippen molar-refractivity contribution < 1.29 is 23.6 Å². The van der Waals surface area contributed by atoms with Gasteiger partial charge in [-0.05, 0) is 31.9 Å². The third kappa shape index (κ3) is 3.53. The zero-order valence-corrected chi connectivity index (χ0v) is 15.3.